The van der Waals surface area contributed by atoms with Crippen molar-refractivity contribution in [2.45, 2.75) is 97.1 Å². The highest BCUT2D eigenvalue weighted by atomic mass is 16.5. The van der Waals surface area contributed by atoms with E-state index in [9.17, 15) is 15.0 Å². The van der Waals surface area contributed by atoms with Gasteiger partial charge in [-0.2, -0.15) is 0 Å². The lowest BCUT2D eigenvalue weighted by Gasteiger charge is -2.62. The average Bonchev–Trinajstić information content (AvgIpc) is 3.15. The van der Waals surface area contributed by atoms with Crippen molar-refractivity contribution < 1.29 is 19.7 Å². The first-order valence-corrected chi connectivity index (χ1v) is 13.3. The molecule has 4 aliphatic rings. The van der Waals surface area contributed by atoms with E-state index in [1.165, 1.54) is 52.1 Å². The fourth-order valence-electron chi connectivity index (χ4n) is 9.29. The Labute approximate surface area is 195 Å². The number of aliphatic hydroxyl groups excluding tert-OH is 2. The zero-order valence-corrected chi connectivity index (χ0v) is 20.8. The Bertz CT molecular complexity index is 670. The van der Waals surface area contributed by atoms with E-state index >= 15 is 0 Å². The Hall–Kier alpha value is -0.650. The molecule has 4 rings (SSSR count). The number of aliphatic hydroxyl groups is 2. The Balaban J connectivity index is 1.48. The van der Waals surface area contributed by atoms with E-state index in [1.54, 1.807) is 0 Å². The monoisotopic (exact) mass is 449 g/mol. The Kier molecular flexibility index (Phi) is 7.30. The Morgan fingerprint density at radius 2 is 1.91 bits per heavy atom. The summed E-state index contributed by atoms with van der Waals surface area (Å²) in [4.78, 5) is 11.7. The molecule has 184 valence electrons. The van der Waals surface area contributed by atoms with Gasteiger partial charge in [0.25, 0.3) is 0 Å². The van der Waals surface area contributed by atoms with E-state index in [4.69, 9.17) is 4.74 Å². The number of hydrogen-bond donors (Lipinski definition) is 3. The molecule has 4 fully saturated rings. The minimum atomic E-state index is -0.234. The third-order valence-electron chi connectivity index (χ3n) is 11.1. The molecule has 0 aromatic rings. The molecule has 4 aliphatic carbocycles. The second-order valence-corrected chi connectivity index (χ2v) is 12.2. The smallest absolute Gasteiger partial charge is 0.305 e. The van der Waals surface area contributed by atoms with Crippen molar-refractivity contribution in [3.05, 3.63) is 0 Å². The molecular formula is C27H47NO4. The van der Waals surface area contributed by atoms with Crippen molar-refractivity contribution in [3.8, 4) is 0 Å². The third-order valence-corrected chi connectivity index (χ3v) is 11.1. The van der Waals surface area contributed by atoms with E-state index in [-0.39, 0.29) is 24.1 Å². The SMILES string of the molecule is COC(=O)CC[C@@H](C)[C@H]1CCC2C3CC[C@@H]4C[C@H](NCCO)CC[C@]4(C)C3C[C@H](O)[C@@]21C. The molecule has 5 heteroatoms. The van der Waals surface area contributed by atoms with Crippen LogP contribution in [0.2, 0.25) is 0 Å². The number of esters is 1. The molecule has 0 aromatic heterocycles. The van der Waals surface area contributed by atoms with Crippen LogP contribution in [0.4, 0.5) is 0 Å². The van der Waals surface area contributed by atoms with E-state index in [2.05, 4.69) is 26.1 Å². The van der Waals surface area contributed by atoms with Crippen LogP contribution in [0.25, 0.3) is 0 Å². The number of fused-ring (bicyclic) bond motifs is 5. The molecule has 32 heavy (non-hydrogen) atoms. The number of rotatable bonds is 7. The molecule has 0 heterocycles. The van der Waals surface area contributed by atoms with Gasteiger partial charge in [-0.1, -0.05) is 20.8 Å². The number of carbonyl (C=O) groups is 1. The van der Waals surface area contributed by atoms with E-state index < -0.39 is 0 Å². The quantitative estimate of drug-likeness (QED) is 0.509. The number of carbonyl (C=O) groups excluding carboxylic acids is 1. The first-order valence-electron chi connectivity index (χ1n) is 13.3. The molecular weight excluding hydrogens is 402 g/mol. The zero-order chi connectivity index (χ0) is 23.1. The lowest BCUT2D eigenvalue weighted by Crippen LogP contribution is -2.59. The molecule has 5 nitrogen and oxygen atoms in total. The fraction of sp³-hybridized carbons (Fsp3) is 0.963. The van der Waals surface area contributed by atoms with E-state index in [0.29, 0.717) is 48.1 Å². The van der Waals surface area contributed by atoms with Crippen molar-refractivity contribution in [2.75, 3.05) is 20.3 Å². The molecule has 0 spiro atoms. The van der Waals surface area contributed by atoms with Gasteiger partial charge >= 0.3 is 5.97 Å². The molecule has 0 aliphatic heterocycles. The molecule has 10 atom stereocenters. The second-order valence-electron chi connectivity index (χ2n) is 12.2. The van der Waals surface area contributed by atoms with Crippen molar-refractivity contribution in [1.29, 1.82) is 0 Å². The second kappa shape index (κ2) is 9.54. The molecule has 3 N–H and O–H groups in total. The summed E-state index contributed by atoms with van der Waals surface area (Å²) in [7, 11) is 1.47. The molecule has 0 radical (unpaired) electrons. The van der Waals surface area contributed by atoms with Crippen LogP contribution in [-0.2, 0) is 9.53 Å². The standard InChI is InChI=1S/C27H47NO4/c1-17(5-10-25(31)32-4)21-8-9-22-20-7-6-18-15-19(28-13-14-29)11-12-26(18,2)23(20)16-24(30)27(21,22)3/h17-24,28-30H,5-16H2,1-4H3/t17-,18-,19-,20?,21-,22?,23?,24+,26+,27-/m1/s1. The van der Waals surface area contributed by atoms with Gasteiger partial charge in [0, 0.05) is 19.0 Å². The van der Waals surface area contributed by atoms with Gasteiger partial charge < -0.3 is 20.3 Å². The summed E-state index contributed by atoms with van der Waals surface area (Å²) >= 11 is 0. The number of ether oxygens (including phenoxy) is 1. The molecule has 3 unspecified atom stereocenters. The van der Waals surface area contributed by atoms with Crippen LogP contribution >= 0.6 is 0 Å². The van der Waals surface area contributed by atoms with E-state index in [0.717, 1.165) is 24.7 Å². The van der Waals surface area contributed by atoms with Gasteiger partial charge in [0.05, 0.1) is 19.8 Å². The maximum absolute atomic E-state index is 11.7. The minimum Gasteiger partial charge on any atom is -0.469 e. The maximum Gasteiger partial charge on any atom is 0.305 e. The lowest BCUT2D eigenvalue weighted by molar-refractivity contribution is -0.170. The predicted octanol–water partition coefficient (Wildman–Crippen LogP) is 4.16. The lowest BCUT2D eigenvalue weighted by atomic mass is 9.43. The molecule has 0 amide bonds. The highest BCUT2D eigenvalue weighted by molar-refractivity contribution is 5.69. The first-order chi connectivity index (χ1) is 15.3. The highest BCUT2D eigenvalue weighted by Crippen LogP contribution is 2.68. The van der Waals surface area contributed by atoms with Crippen LogP contribution in [-0.4, -0.2) is 48.6 Å². The van der Waals surface area contributed by atoms with Crippen LogP contribution in [0.3, 0.4) is 0 Å². The van der Waals surface area contributed by atoms with Gasteiger partial charge in [0.1, 0.15) is 0 Å². The summed E-state index contributed by atoms with van der Waals surface area (Å²) < 4.78 is 4.87. The molecule has 0 aromatic carbocycles. The van der Waals surface area contributed by atoms with Gasteiger partial charge in [0.15, 0.2) is 0 Å². The fourth-order valence-corrected chi connectivity index (χ4v) is 9.29. The molecule has 0 bridgehead atoms. The molecule has 0 saturated heterocycles. The number of hydrogen-bond acceptors (Lipinski definition) is 5. The predicted molar refractivity (Wildman–Crippen MR) is 126 cm³/mol. The van der Waals surface area contributed by atoms with Gasteiger partial charge in [-0.25, -0.2) is 0 Å². The maximum atomic E-state index is 11.7. The topological polar surface area (TPSA) is 78.8 Å². The van der Waals surface area contributed by atoms with Crippen molar-refractivity contribution in [2.24, 2.45) is 46.3 Å². The first kappa shape index (κ1) is 24.5. The van der Waals surface area contributed by atoms with Crippen LogP contribution in [0.15, 0.2) is 0 Å². The van der Waals surface area contributed by atoms with Gasteiger partial charge in [-0.3, -0.25) is 4.79 Å². The average molecular weight is 450 g/mol. The summed E-state index contributed by atoms with van der Waals surface area (Å²) in [5.74, 6) is 3.55. The summed E-state index contributed by atoms with van der Waals surface area (Å²) in [6.45, 7) is 8.13. The van der Waals surface area contributed by atoms with Crippen LogP contribution in [0, 0.1) is 46.3 Å². The van der Waals surface area contributed by atoms with Crippen LogP contribution < -0.4 is 5.32 Å². The normalized spacial score (nSPS) is 46.6. The summed E-state index contributed by atoms with van der Waals surface area (Å²) in [6, 6.07) is 0.544. The van der Waals surface area contributed by atoms with Crippen molar-refractivity contribution >= 4 is 5.97 Å². The number of nitrogens with one attached hydrogen (secondary N) is 1. The summed E-state index contributed by atoms with van der Waals surface area (Å²) in [6.07, 6.45) is 10.8. The van der Waals surface area contributed by atoms with Crippen LogP contribution in [0.1, 0.15) is 85.0 Å². The van der Waals surface area contributed by atoms with Gasteiger partial charge in [-0.15, -0.1) is 0 Å². The van der Waals surface area contributed by atoms with Gasteiger partial charge in [0.2, 0.25) is 0 Å². The Morgan fingerprint density at radius 3 is 2.62 bits per heavy atom. The summed E-state index contributed by atoms with van der Waals surface area (Å²) in [5.41, 5.74) is 0.330. The number of methoxy groups -OCH3 is 1. The Morgan fingerprint density at radius 1 is 1.12 bits per heavy atom. The third kappa shape index (κ3) is 4.05. The summed E-state index contributed by atoms with van der Waals surface area (Å²) in [5, 5.41) is 24.4. The largest absolute Gasteiger partial charge is 0.469 e. The van der Waals surface area contributed by atoms with Gasteiger partial charge in [-0.05, 0) is 104 Å². The highest BCUT2D eigenvalue weighted by Gasteiger charge is 2.63. The minimum absolute atomic E-state index is 0.0141. The zero-order valence-electron chi connectivity index (χ0n) is 20.8. The molecule has 4 saturated carbocycles. The van der Waals surface area contributed by atoms with Crippen molar-refractivity contribution in [3.63, 3.8) is 0 Å². The van der Waals surface area contributed by atoms with Crippen molar-refractivity contribution in [1.82, 2.24) is 5.32 Å². The van der Waals surface area contributed by atoms with E-state index in [1.807, 2.05) is 0 Å². The van der Waals surface area contributed by atoms with Crippen LogP contribution in [0.5, 0.6) is 0 Å².